The predicted molar refractivity (Wildman–Crippen MR) is 66.8 cm³/mol. The summed E-state index contributed by atoms with van der Waals surface area (Å²) in [7, 11) is 4.19. The summed E-state index contributed by atoms with van der Waals surface area (Å²) in [5.41, 5.74) is 0. The van der Waals surface area contributed by atoms with Gasteiger partial charge in [0.15, 0.2) is 0 Å². The lowest BCUT2D eigenvalue weighted by Gasteiger charge is -2.46. The van der Waals surface area contributed by atoms with E-state index in [9.17, 15) is 9.50 Å². The molecule has 2 heterocycles. The van der Waals surface area contributed by atoms with Gasteiger partial charge in [0.25, 0.3) is 0 Å². The molecule has 4 heteroatoms. The molecule has 0 radical (unpaired) electrons. The molecule has 2 saturated heterocycles. The zero-order valence-corrected chi connectivity index (χ0v) is 11.0. The van der Waals surface area contributed by atoms with Gasteiger partial charge in [-0.1, -0.05) is 0 Å². The second-order valence-electron chi connectivity index (χ2n) is 5.80. The summed E-state index contributed by atoms with van der Waals surface area (Å²) in [6.45, 7) is 1.92. The summed E-state index contributed by atoms with van der Waals surface area (Å²) in [5, 5.41) is 9.31. The third-order valence-electron chi connectivity index (χ3n) is 4.56. The Hall–Kier alpha value is -0.190. The van der Waals surface area contributed by atoms with Crippen molar-refractivity contribution < 1.29 is 9.50 Å². The maximum absolute atomic E-state index is 13.3. The molecule has 0 aromatic rings. The number of piperidine rings is 2. The van der Waals surface area contributed by atoms with E-state index < -0.39 is 6.17 Å². The third-order valence-corrected chi connectivity index (χ3v) is 4.56. The van der Waals surface area contributed by atoms with E-state index in [-0.39, 0.29) is 0 Å². The van der Waals surface area contributed by atoms with Crippen LogP contribution in [0, 0.1) is 5.92 Å². The van der Waals surface area contributed by atoms with Crippen LogP contribution in [0.3, 0.4) is 0 Å². The minimum Gasteiger partial charge on any atom is -0.396 e. The molecule has 17 heavy (non-hydrogen) atoms. The summed E-state index contributed by atoms with van der Waals surface area (Å²) in [4.78, 5) is 4.57. The van der Waals surface area contributed by atoms with Gasteiger partial charge in [0.2, 0.25) is 0 Å². The Labute approximate surface area is 104 Å². The number of nitrogens with zero attached hydrogens (tertiary/aromatic N) is 2. The molecular formula is C13H25FN2O. The lowest BCUT2D eigenvalue weighted by atomic mass is 9.84. The van der Waals surface area contributed by atoms with Crippen molar-refractivity contribution in [2.75, 3.05) is 33.8 Å². The van der Waals surface area contributed by atoms with Gasteiger partial charge in [-0.3, -0.25) is 4.90 Å². The van der Waals surface area contributed by atoms with Crippen LogP contribution >= 0.6 is 0 Å². The maximum Gasteiger partial charge on any atom is 0.113 e. The van der Waals surface area contributed by atoms with Crippen molar-refractivity contribution in [1.29, 1.82) is 0 Å². The minimum absolute atomic E-state index is 0.298. The first kappa shape index (κ1) is 13.2. The monoisotopic (exact) mass is 244 g/mol. The molecule has 0 saturated carbocycles. The lowest BCUT2D eigenvalue weighted by Crippen LogP contribution is -2.56. The molecule has 4 atom stereocenters. The van der Waals surface area contributed by atoms with Crippen molar-refractivity contribution in [2.45, 2.75) is 43.9 Å². The van der Waals surface area contributed by atoms with E-state index in [1.54, 1.807) is 0 Å². The molecule has 0 aliphatic carbocycles. The fraction of sp³-hybridized carbons (Fsp3) is 1.00. The highest BCUT2D eigenvalue weighted by molar-refractivity contribution is 4.92. The van der Waals surface area contributed by atoms with Gasteiger partial charge in [0, 0.05) is 25.2 Å². The van der Waals surface area contributed by atoms with Gasteiger partial charge in [-0.2, -0.15) is 0 Å². The number of likely N-dealkylation sites (tertiary alicyclic amines) is 2. The van der Waals surface area contributed by atoms with E-state index in [1.807, 2.05) is 7.05 Å². The van der Waals surface area contributed by atoms with Crippen molar-refractivity contribution in [1.82, 2.24) is 9.80 Å². The SMILES string of the molecule is CN1CCC(CO)CC1C1CCC(F)CN1C. The number of alkyl halides is 1. The van der Waals surface area contributed by atoms with Gasteiger partial charge in [-0.05, 0) is 52.2 Å². The number of aliphatic hydroxyl groups excluding tert-OH is 1. The van der Waals surface area contributed by atoms with E-state index in [1.165, 1.54) is 0 Å². The normalized spacial score (nSPS) is 41.6. The number of rotatable bonds is 2. The van der Waals surface area contributed by atoms with Gasteiger partial charge in [0.05, 0.1) is 0 Å². The zero-order chi connectivity index (χ0) is 12.4. The van der Waals surface area contributed by atoms with Gasteiger partial charge in [-0.15, -0.1) is 0 Å². The Bertz CT molecular complexity index is 252. The van der Waals surface area contributed by atoms with Crippen molar-refractivity contribution >= 4 is 0 Å². The summed E-state index contributed by atoms with van der Waals surface area (Å²) < 4.78 is 13.3. The fourth-order valence-electron chi connectivity index (χ4n) is 3.41. The number of likely N-dealkylation sites (N-methyl/N-ethyl adjacent to an activating group) is 2. The molecular weight excluding hydrogens is 219 g/mol. The summed E-state index contributed by atoms with van der Waals surface area (Å²) in [5.74, 6) is 0.438. The average molecular weight is 244 g/mol. The van der Waals surface area contributed by atoms with Crippen LogP contribution in [-0.4, -0.2) is 67.0 Å². The topological polar surface area (TPSA) is 26.7 Å². The minimum atomic E-state index is -0.654. The molecule has 2 rings (SSSR count). The molecule has 1 N–H and O–H groups in total. The van der Waals surface area contributed by atoms with Crippen LogP contribution in [0.2, 0.25) is 0 Å². The zero-order valence-electron chi connectivity index (χ0n) is 11.0. The number of hydrogen-bond donors (Lipinski definition) is 1. The molecule has 4 unspecified atom stereocenters. The Morgan fingerprint density at radius 3 is 2.53 bits per heavy atom. The van der Waals surface area contributed by atoms with Crippen LogP contribution in [0.25, 0.3) is 0 Å². The van der Waals surface area contributed by atoms with Crippen LogP contribution in [0.4, 0.5) is 4.39 Å². The summed E-state index contributed by atoms with van der Waals surface area (Å²) >= 11 is 0. The van der Waals surface area contributed by atoms with Crippen molar-refractivity contribution in [2.24, 2.45) is 5.92 Å². The van der Waals surface area contributed by atoms with Crippen LogP contribution in [-0.2, 0) is 0 Å². The predicted octanol–water partition coefficient (Wildman–Crippen LogP) is 1.12. The van der Waals surface area contributed by atoms with Crippen LogP contribution < -0.4 is 0 Å². The highest BCUT2D eigenvalue weighted by Crippen LogP contribution is 2.30. The van der Waals surface area contributed by atoms with Crippen molar-refractivity contribution in [3.05, 3.63) is 0 Å². The van der Waals surface area contributed by atoms with Gasteiger partial charge < -0.3 is 10.0 Å². The molecule has 2 aliphatic rings. The number of halogens is 1. The molecule has 2 fully saturated rings. The van der Waals surface area contributed by atoms with E-state index in [0.29, 0.717) is 37.6 Å². The Morgan fingerprint density at radius 1 is 1.12 bits per heavy atom. The van der Waals surface area contributed by atoms with E-state index in [0.717, 1.165) is 25.8 Å². The second-order valence-corrected chi connectivity index (χ2v) is 5.80. The molecule has 2 aliphatic heterocycles. The Kier molecular flexibility index (Phi) is 4.39. The smallest absolute Gasteiger partial charge is 0.113 e. The standard InChI is InChI=1S/C13H25FN2O/c1-15-6-5-10(9-17)7-13(15)12-4-3-11(14)8-16(12)2/h10-13,17H,3-9H2,1-2H3. The Morgan fingerprint density at radius 2 is 1.88 bits per heavy atom. The van der Waals surface area contributed by atoms with Gasteiger partial charge >= 0.3 is 0 Å². The Balaban J connectivity index is 1.99. The van der Waals surface area contributed by atoms with Crippen LogP contribution in [0.15, 0.2) is 0 Å². The highest BCUT2D eigenvalue weighted by atomic mass is 19.1. The molecule has 0 aromatic carbocycles. The van der Waals surface area contributed by atoms with Gasteiger partial charge in [0.1, 0.15) is 6.17 Å². The first-order valence-electron chi connectivity index (χ1n) is 6.77. The van der Waals surface area contributed by atoms with Crippen molar-refractivity contribution in [3.63, 3.8) is 0 Å². The molecule has 100 valence electrons. The highest BCUT2D eigenvalue weighted by Gasteiger charge is 2.36. The van der Waals surface area contributed by atoms with Crippen LogP contribution in [0.1, 0.15) is 25.7 Å². The molecule has 3 nitrogen and oxygen atoms in total. The first-order valence-corrected chi connectivity index (χ1v) is 6.77. The van der Waals surface area contributed by atoms with Crippen molar-refractivity contribution in [3.8, 4) is 0 Å². The number of hydrogen-bond acceptors (Lipinski definition) is 3. The molecule has 0 aromatic heterocycles. The maximum atomic E-state index is 13.3. The molecule has 0 bridgehead atoms. The second kappa shape index (κ2) is 5.63. The van der Waals surface area contributed by atoms with E-state index in [2.05, 4.69) is 16.8 Å². The van der Waals surface area contributed by atoms with Crippen LogP contribution in [0.5, 0.6) is 0 Å². The van der Waals surface area contributed by atoms with E-state index >= 15 is 0 Å². The average Bonchev–Trinajstić information content (AvgIpc) is 2.30. The quantitative estimate of drug-likeness (QED) is 0.788. The summed E-state index contributed by atoms with van der Waals surface area (Å²) in [6, 6.07) is 0.944. The van der Waals surface area contributed by atoms with E-state index in [4.69, 9.17) is 0 Å². The third kappa shape index (κ3) is 2.98. The molecule has 0 spiro atoms. The molecule has 0 amide bonds. The summed E-state index contributed by atoms with van der Waals surface area (Å²) in [6.07, 6.45) is 3.14. The lowest BCUT2D eigenvalue weighted by molar-refractivity contribution is 0.0107. The number of aliphatic hydroxyl groups is 1. The largest absolute Gasteiger partial charge is 0.396 e. The first-order chi connectivity index (χ1) is 8.11. The van der Waals surface area contributed by atoms with Gasteiger partial charge in [-0.25, -0.2) is 4.39 Å². The fourth-order valence-corrected chi connectivity index (χ4v) is 3.41.